The van der Waals surface area contributed by atoms with Crippen molar-refractivity contribution in [1.82, 2.24) is 4.98 Å². The van der Waals surface area contributed by atoms with E-state index in [-0.39, 0.29) is 0 Å². The minimum absolute atomic E-state index is 1.03. The highest BCUT2D eigenvalue weighted by molar-refractivity contribution is 8.02. The molecule has 3 rings (SSSR count). The van der Waals surface area contributed by atoms with Crippen LogP contribution in [0.2, 0.25) is 0 Å². The van der Waals surface area contributed by atoms with Gasteiger partial charge in [0, 0.05) is 46.0 Å². The molecule has 0 N–H and O–H groups in total. The third-order valence-electron chi connectivity index (χ3n) is 3.64. The average molecular weight is 394 g/mol. The molecule has 0 fully saturated rings. The SMILES string of the molecule is c1cc2cc(c1)CSCCSCc1cccc(n1)CSCCSC2. The smallest absolute Gasteiger partial charge is 0.0506 e. The van der Waals surface area contributed by atoms with Crippen LogP contribution in [0.5, 0.6) is 0 Å². The van der Waals surface area contributed by atoms with Gasteiger partial charge in [0.15, 0.2) is 0 Å². The van der Waals surface area contributed by atoms with Gasteiger partial charge in [-0.2, -0.15) is 47.0 Å². The molecule has 1 aliphatic heterocycles. The Hall–Kier alpha value is -0.230. The molecule has 2 heterocycles. The van der Waals surface area contributed by atoms with Crippen molar-refractivity contribution in [2.75, 3.05) is 23.0 Å². The standard InChI is InChI=1S/C19H23NS4/c1-3-16-11-17(4-1)13-22-8-10-24-15-19-6-2-5-18(20-19)14-23-9-7-21-12-16/h1-6,11H,7-10,12-15H2. The van der Waals surface area contributed by atoms with E-state index in [4.69, 9.17) is 4.98 Å². The van der Waals surface area contributed by atoms with Crippen molar-refractivity contribution in [2.45, 2.75) is 23.0 Å². The number of rotatable bonds is 0. The number of thioether (sulfide) groups is 4. The van der Waals surface area contributed by atoms with Crippen molar-refractivity contribution in [1.29, 1.82) is 0 Å². The van der Waals surface area contributed by atoms with Gasteiger partial charge < -0.3 is 0 Å². The van der Waals surface area contributed by atoms with Gasteiger partial charge in [-0.1, -0.05) is 30.3 Å². The fourth-order valence-corrected chi connectivity index (χ4v) is 6.50. The number of benzene rings is 1. The first-order valence-electron chi connectivity index (χ1n) is 8.24. The fraction of sp³-hybridized carbons (Fsp3) is 0.421. The van der Waals surface area contributed by atoms with Crippen LogP contribution in [0.15, 0.2) is 42.5 Å². The van der Waals surface area contributed by atoms with E-state index < -0.39 is 0 Å². The highest BCUT2D eigenvalue weighted by Gasteiger charge is 2.02. The molecule has 0 aliphatic carbocycles. The second-order valence-corrected chi connectivity index (χ2v) is 10.1. The van der Waals surface area contributed by atoms with Crippen LogP contribution in [0.25, 0.3) is 0 Å². The van der Waals surface area contributed by atoms with Crippen molar-refractivity contribution in [2.24, 2.45) is 0 Å². The Bertz CT molecular complexity index is 530. The predicted molar refractivity (Wildman–Crippen MR) is 115 cm³/mol. The topological polar surface area (TPSA) is 12.9 Å². The highest BCUT2D eigenvalue weighted by Crippen LogP contribution is 2.21. The van der Waals surface area contributed by atoms with Crippen LogP contribution >= 0.6 is 47.0 Å². The molecule has 0 saturated carbocycles. The summed E-state index contributed by atoms with van der Waals surface area (Å²) in [5, 5.41) is 0. The summed E-state index contributed by atoms with van der Waals surface area (Å²) >= 11 is 8.08. The normalized spacial score (nSPS) is 17.7. The zero-order valence-electron chi connectivity index (χ0n) is 13.8. The first-order chi connectivity index (χ1) is 11.9. The van der Waals surface area contributed by atoms with Gasteiger partial charge in [0.1, 0.15) is 0 Å². The van der Waals surface area contributed by atoms with Crippen molar-refractivity contribution < 1.29 is 0 Å². The monoisotopic (exact) mass is 393 g/mol. The molecule has 128 valence electrons. The van der Waals surface area contributed by atoms with E-state index in [1.54, 1.807) is 0 Å². The van der Waals surface area contributed by atoms with Crippen LogP contribution in [0.4, 0.5) is 0 Å². The third kappa shape index (κ3) is 6.58. The summed E-state index contributed by atoms with van der Waals surface area (Å²) < 4.78 is 0. The molecule has 0 unspecified atom stereocenters. The molecule has 24 heavy (non-hydrogen) atoms. The summed E-state index contributed by atoms with van der Waals surface area (Å²) in [7, 11) is 0. The Morgan fingerprint density at radius 2 is 1.04 bits per heavy atom. The van der Waals surface area contributed by atoms with Gasteiger partial charge in [-0.25, -0.2) is 0 Å². The van der Waals surface area contributed by atoms with Crippen molar-refractivity contribution in [3.63, 3.8) is 0 Å². The average Bonchev–Trinajstić information content (AvgIpc) is 2.61. The van der Waals surface area contributed by atoms with Crippen molar-refractivity contribution in [3.8, 4) is 0 Å². The maximum Gasteiger partial charge on any atom is 0.0506 e. The Kier molecular flexibility index (Phi) is 8.27. The maximum atomic E-state index is 4.80. The molecule has 1 aromatic heterocycles. The summed E-state index contributed by atoms with van der Waals surface area (Å²) in [5.74, 6) is 9.13. The number of pyridine rings is 1. The lowest BCUT2D eigenvalue weighted by Crippen LogP contribution is -1.96. The molecular weight excluding hydrogens is 370 g/mol. The molecular formula is C19H23NS4. The Labute approximate surface area is 162 Å². The van der Waals surface area contributed by atoms with Gasteiger partial charge in [-0.05, 0) is 23.3 Å². The van der Waals surface area contributed by atoms with Crippen LogP contribution in [0.1, 0.15) is 22.5 Å². The van der Waals surface area contributed by atoms with Crippen LogP contribution in [-0.4, -0.2) is 28.0 Å². The summed E-state index contributed by atoms with van der Waals surface area (Å²) in [4.78, 5) is 4.80. The maximum absolute atomic E-state index is 4.80. The molecule has 0 amide bonds. The van der Waals surface area contributed by atoms with E-state index in [1.807, 2.05) is 47.0 Å². The lowest BCUT2D eigenvalue weighted by atomic mass is 10.2. The molecule has 0 spiro atoms. The van der Waals surface area contributed by atoms with Gasteiger partial charge in [0.05, 0.1) is 11.4 Å². The predicted octanol–water partition coefficient (Wildman–Crippen LogP) is 5.73. The molecule has 0 radical (unpaired) electrons. The highest BCUT2D eigenvalue weighted by atomic mass is 32.2. The van der Waals surface area contributed by atoms with Crippen LogP contribution in [-0.2, 0) is 23.0 Å². The van der Waals surface area contributed by atoms with E-state index in [9.17, 15) is 0 Å². The Morgan fingerprint density at radius 3 is 1.58 bits per heavy atom. The molecule has 1 aliphatic rings. The van der Waals surface area contributed by atoms with Gasteiger partial charge >= 0.3 is 0 Å². The molecule has 1 aromatic carbocycles. The minimum atomic E-state index is 1.03. The number of aromatic nitrogens is 1. The van der Waals surface area contributed by atoms with Gasteiger partial charge in [-0.3, -0.25) is 4.98 Å². The zero-order chi connectivity index (χ0) is 16.5. The fourth-order valence-electron chi connectivity index (χ4n) is 2.47. The Balaban J connectivity index is 1.58. The van der Waals surface area contributed by atoms with E-state index in [1.165, 1.54) is 45.5 Å². The quantitative estimate of drug-likeness (QED) is 0.565. The van der Waals surface area contributed by atoms with E-state index >= 15 is 0 Å². The lowest BCUT2D eigenvalue weighted by molar-refractivity contribution is 1.09. The first-order valence-corrected chi connectivity index (χ1v) is 12.9. The van der Waals surface area contributed by atoms with Crippen LogP contribution in [0.3, 0.4) is 0 Å². The van der Waals surface area contributed by atoms with Crippen molar-refractivity contribution >= 4 is 47.0 Å². The second-order valence-electron chi connectivity index (χ2n) is 5.65. The largest absolute Gasteiger partial charge is 0.256 e. The molecule has 4 bridgehead atoms. The van der Waals surface area contributed by atoms with Crippen LogP contribution < -0.4 is 0 Å². The summed E-state index contributed by atoms with van der Waals surface area (Å²) in [6.07, 6.45) is 0. The molecule has 0 atom stereocenters. The third-order valence-corrected chi connectivity index (χ3v) is 8.20. The molecule has 2 aromatic rings. The Morgan fingerprint density at radius 1 is 0.583 bits per heavy atom. The molecule has 1 nitrogen and oxygen atoms in total. The number of hydrogen-bond acceptors (Lipinski definition) is 5. The molecule has 0 saturated heterocycles. The van der Waals surface area contributed by atoms with Crippen LogP contribution in [0, 0.1) is 0 Å². The minimum Gasteiger partial charge on any atom is -0.256 e. The summed E-state index contributed by atoms with van der Waals surface area (Å²) in [5.41, 5.74) is 5.39. The van der Waals surface area contributed by atoms with Gasteiger partial charge in [-0.15, -0.1) is 0 Å². The molecule has 5 heteroatoms. The number of hydrogen-bond donors (Lipinski definition) is 0. The van der Waals surface area contributed by atoms with E-state index in [0.717, 1.165) is 23.0 Å². The van der Waals surface area contributed by atoms with Gasteiger partial charge in [0.2, 0.25) is 0 Å². The first kappa shape index (κ1) is 18.6. The van der Waals surface area contributed by atoms with E-state index in [0.29, 0.717) is 0 Å². The summed E-state index contributed by atoms with van der Waals surface area (Å²) in [6, 6.07) is 15.6. The number of fused-ring (bicyclic) bond motifs is 4. The van der Waals surface area contributed by atoms with Crippen molar-refractivity contribution in [3.05, 3.63) is 65.0 Å². The van der Waals surface area contributed by atoms with Gasteiger partial charge in [0.25, 0.3) is 0 Å². The summed E-state index contributed by atoms with van der Waals surface area (Å²) in [6.45, 7) is 0. The zero-order valence-corrected chi connectivity index (χ0v) is 17.0. The second kappa shape index (κ2) is 10.7. The van der Waals surface area contributed by atoms with E-state index in [2.05, 4.69) is 42.5 Å². The number of nitrogens with zero attached hydrogens (tertiary/aromatic N) is 1. The lowest BCUT2D eigenvalue weighted by Gasteiger charge is -2.08.